The fraction of sp³-hybridized carbons (Fsp3) is 0.938. The Morgan fingerprint density at radius 2 is 1.72 bits per heavy atom. The molecule has 4 aliphatic rings. The van der Waals surface area contributed by atoms with Crippen molar-refractivity contribution in [2.45, 2.75) is 65.4 Å². The minimum atomic E-state index is -0.0624. The molecule has 2 nitrogen and oxygen atoms in total. The van der Waals surface area contributed by atoms with Gasteiger partial charge < -0.3 is 4.74 Å². The van der Waals surface area contributed by atoms with E-state index in [0.29, 0.717) is 0 Å². The van der Waals surface area contributed by atoms with Crippen LogP contribution in [0.1, 0.15) is 59.8 Å². The predicted octanol–water partition coefficient (Wildman–Crippen LogP) is 3.79. The summed E-state index contributed by atoms with van der Waals surface area (Å²) in [5, 5.41) is 0. The van der Waals surface area contributed by atoms with E-state index in [2.05, 4.69) is 20.8 Å². The van der Waals surface area contributed by atoms with Gasteiger partial charge in [-0.3, -0.25) is 4.79 Å². The lowest BCUT2D eigenvalue weighted by Crippen LogP contribution is -2.41. The van der Waals surface area contributed by atoms with Gasteiger partial charge in [-0.15, -0.1) is 0 Å². The molecule has 4 aliphatic carbocycles. The van der Waals surface area contributed by atoms with Crippen LogP contribution in [-0.2, 0) is 9.53 Å². The van der Waals surface area contributed by atoms with E-state index in [1.807, 2.05) is 6.92 Å². The third kappa shape index (κ3) is 1.88. The maximum Gasteiger partial charge on any atom is 0.309 e. The van der Waals surface area contributed by atoms with Crippen molar-refractivity contribution < 1.29 is 9.53 Å². The molecule has 3 unspecified atom stereocenters. The van der Waals surface area contributed by atoms with Crippen molar-refractivity contribution in [3.8, 4) is 0 Å². The SMILES string of the molecule is CC(C(=O)OC12CC3CC(C1)C(C3)C2)C(C)(C)C. The molecule has 0 aromatic heterocycles. The third-order valence-corrected chi connectivity index (χ3v) is 5.84. The number of hydrogen-bond donors (Lipinski definition) is 0. The average Bonchev–Trinajstić information content (AvgIpc) is 2.63. The predicted molar refractivity (Wildman–Crippen MR) is 71.0 cm³/mol. The second-order valence-electron chi connectivity index (χ2n) is 8.16. The summed E-state index contributed by atoms with van der Waals surface area (Å²) < 4.78 is 6.02. The van der Waals surface area contributed by atoms with E-state index in [9.17, 15) is 4.79 Å². The molecule has 4 rings (SSSR count). The Morgan fingerprint density at radius 3 is 2.17 bits per heavy atom. The van der Waals surface area contributed by atoms with Crippen molar-refractivity contribution in [3.63, 3.8) is 0 Å². The van der Waals surface area contributed by atoms with Crippen LogP contribution < -0.4 is 0 Å². The van der Waals surface area contributed by atoms with Gasteiger partial charge in [-0.2, -0.15) is 0 Å². The molecule has 0 aromatic carbocycles. The van der Waals surface area contributed by atoms with E-state index in [4.69, 9.17) is 4.74 Å². The highest BCUT2D eigenvalue weighted by Crippen LogP contribution is 2.61. The smallest absolute Gasteiger partial charge is 0.309 e. The Morgan fingerprint density at radius 1 is 1.17 bits per heavy atom. The summed E-state index contributed by atoms with van der Waals surface area (Å²) >= 11 is 0. The summed E-state index contributed by atoms with van der Waals surface area (Å²) in [6.45, 7) is 8.36. The average molecular weight is 250 g/mol. The van der Waals surface area contributed by atoms with Crippen LogP contribution in [0, 0.1) is 29.1 Å². The highest BCUT2D eigenvalue weighted by atomic mass is 16.6. The molecule has 0 heterocycles. The van der Waals surface area contributed by atoms with Crippen LogP contribution in [0.4, 0.5) is 0 Å². The number of carbonyl (C=O) groups excluding carboxylic acids is 1. The van der Waals surface area contributed by atoms with Gasteiger partial charge in [0, 0.05) is 0 Å². The molecule has 4 fully saturated rings. The topological polar surface area (TPSA) is 26.3 Å². The molecule has 18 heavy (non-hydrogen) atoms. The van der Waals surface area contributed by atoms with Gasteiger partial charge in [0.2, 0.25) is 0 Å². The summed E-state index contributed by atoms with van der Waals surface area (Å²) in [7, 11) is 0. The second kappa shape index (κ2) is 3.74. The van der Waals surface area contributed by atoms with Crippen LogP contribution in [-0.4, -0.2) is 11.6 Å². The van der Waals surface area contributed by atoms with Crippen molar-refractivity contribution in [2.75, 3.05) is 0 Å². The highest BCUT2D eigenvalue weighted by molar-refractivity contribution is 5.73. The zero-order chi connectivity index (χ0) is 13.1. The first-order valence-corrected chi connectivity index (χ1v) is 7.52. The maximum atomic E-state index is 12.3. The Kier molecular flexibility index (Phi) is 2.60. The minimum absolute atomic E-state index is 0.00329. The third-order valence-electron chi connectivity index (χ3n) is 5.84. The first-order chi connectivity index (χ1) is 8.29. The van der Waals surface area contributed by atoms with Gasteiger partial charge >= 0.3 is 5.97 Å². The van der Waals surface area contributed by atoms with Crippen molar-refractivity contribution >= 4 is 5.97 Å². The largest absolute Gasteiger partial charge is 0.459 e. The minimum Gasteiger partial charge on any atom is -0.459 e. The molecule has 4 saturated carbocycles. The van der Waals surface area contributed by atoms with Crippen molar-refractivity contribution in [1.29, 1.82) is 0 Å². The van der Waals surface area contributed by atoms with Gasteiger partial charge in [0.25, 0.3) is 0 Å². The highest BCUT2D eigenvalue weighted by Gasteiger charge is 2.58. The molecule has 0 amide bonds. The Balaban J connectivity index is 1.69. The number of rotatable bonds is 2. The summed E-state index contributed by atoms with van der Waals surface area (Å²) in [5.41, 5.74) is -0.0591. The van der Waals surface area contributed by atoms with Gasteiger partial charge in [-0.25, -0.2) is 0 Å². The first kappa shape index (κ1) is 12.5. The molecular formula is C16H26O2. The normalized spacial score (nSPS) is 43.2. The first-order valence-electron chi connectivity index (χ1n) is 7.52. The molecule has 0 aromatic rings. The molecule has 0 spiro atoms. The van der Waals surface area contributed by atoms with Crippen molar-refractivity contribution in [3.05, 3.63) is 0 Å². The van der Waals surface area contributed by atoms with Gasteiger partial charge in [-0.05, 0) is 55.3 Å². The summed E-state index contributed by atoms with van der Waals surface area (Å²) in [6, 6.07) is 0. The quantitative estimate of drug-likeness (QED) is 0.697. The van der Waals surface area contributed by atoms with Gasteiger partial charge in [0.1, 0.15) is 5.60 Å². The number of ether oxygens (including phenoxy) is 1. The number of carbonyl (C=O) groups is 1. The van der Waals surface area contributed by atoms with E-state index in [1.165, 1.54) is 12.8 Å². The molecule has 0 aliphatic heterocycles. The molecular weight excluding hydrogens is 224 g/mol. The van der Waals surface area contributed by atoms with Crippen molar-refractivity contribution in [1.82, 2.24) is 0 Å². The lowest BCUT2D eigenvalue weighted by atomic mass is 9.77. The standard InChI is InChI=1S/C16H26O2/c1-10(15(2,3)4)14(17)18-16-7-11-5-12(8-16)13(6-11)9-16/h10-13H,5-9H2,1-4H3. The van der Waals surface area contributed by atoms with Crippen LogP contribution in [0.2, 0.25) is 0 Å². The van der Waals surface area contributed by atoms with E-state index in [1.54, 1.807) is 0 Å². The molecule has 102 valence electrons. The Hall–Kier alpha value is -0.530. The zero-order valence-electron chi connectivity index (χ0n) is 12.2. The fourth-order valence-electron chi connectivity index (χ4n) is 4.52. The van der Waals surface area contributed by atoms with Gasteiger partial charge in [0.15, 0.2) is 0 Å². The van der Waals surface area contributed by atoms with Crippen molar-refractivity contribution in [2.24, 2.45) is 29.1 Å². The summed E-state index contributed by atoms with van der Waals surface area (Å²) in [6.07, 6.45) is 6.24. The Labute approximate surface area is 110 Å². The van der Waals surface area contributed by atoms with Crippen LogP contribution in [0.25, 0.3) is 0 Å². The molecule has 0 saturated heterocycles. The van der Waals surface area contributed by atoms with E-state index < -0.39 is 0 Å². The van der Waals surface area contributed by atoms with E-state index in [-0.39, 0.29) is 22.9 Å². The summed E-state index contributed by atoms with van der Waals surface area (Å²) in [4.78, 5) is 12.3. The maximum absolute atomic E-state index is 12.3. The van der Waals surface area contributed by atoms with Crippen LogP contribution in [0.5, 0.6) is 0 Å². The lowest BCUT2D eigenvalue weighted by molar-refractivity contribution is -0.172. The molecule has 3 atom stereocenters. The molecule has 4 bridgehead atoms. The second-order valence-corrected chi connectivity index (χ2v) is 8.16. The van der Waals surface area contributed by atoms with E-state index in [0.717, 1.165) is 37.0 Å². The van der Waals surface area contributed by atoms with Gasteiger partial charge in [0.05, 0.1) is 5.92 Å². The summed E-state index contributed by atoms with van der Waals surface area (Å²) in [5.74, 6) is 2.59. The fourth-order valence-corrected chi connectivity index (χ4v) is 4.52. The van der Waals surface area contributed by atoms with E-state index >= 15 is 0 Å². The van der Waals surface area contributed by atoms with Crippen LogP contribution in [0.3, 0.4) is 0 Å². The van der Waals surface area contributed by atoms with Crippen LogP contribution >= 0.6 is 0 Å². The monoisotopic (exact) mass is 250 g/mol. The lowest BCUT2D eigenvalue weighted by Gasteiger charge is -2.39. The Bertz CT molecular complexity index is 346. The number of esters is 1. The zero-order valence-corrected chi connectivity index (χ0v) is 12.2. The number of hydrogen-bond acceptors (Lipinski definition) is 2. The van der Waals surface area contributed by atoms with Gasteiger partial charge in [-0.1, -0.05) is 27.7 Å². The molecule has 2 heteroatoms. The molecule has 0 radical (unpaired) electrons. The van der Waals surface area contributed by atoms with Crippen LogP contribution in [0.15, 0.2) is 0 Å². The molecule has 0 N–H and O–H groups in total.